The minimum atomic E-state index is 0.600. The molecule has 1 saturated carbocycles. The lowest BCUT2D eigenvalue weighted by atomic mass is 10.4. The Morgan fingerprint density at radius 3 is 3.07 bits per heavy atom. The summed E-state index contributed by atoms with van der Waals surface area (Å²) >= 11 is 0. The van der Waals surface area contributed by atoms with Crippen LogP contribution in [0.4, 0.5) is 0 Å². The second kappa shape index (κ2) is 3.18. The molecule has 0 spiro atoms. The third kappa shape index (κ3) is 1.77. The molecule has 0 unspecified atom stereocenters. The standard InChI is InChI=1S/C10H12N4O/c1-7-4-9(15-13-7)5-14-6-11-10(12-14)8-2-3-8/h4,6,8H,2-3,5H2,1H3. The maximum atomic E-state index is 5.11. The Hall–Kier alpha value is -1.65. The van der Waals surface area contributed by atoms with Crippen molar-refractivity contribution in [2.24, 2.45) is 0 Å². The van der Waals surface area contributed by atoms with Crippen LogP contribution in [0.25, 0.3) is 0 Å². The molecule has 0 radical (unpaired) electrons. The highest BCUT2D eigenvalue weighted by atomic mass is 16.5. The van der Waals surface area contributed by atoms with Gasteiger partial charge in [-0.15, -0.1) is 0 Å². The maximum Gasteiger partial charge on any atom is 0.158 e. The van der Waals surface area contributed by atoms with Gasteiger partial charge in [0.15, 0.2) is 11.6 Å². The molecule has 1 aliphatic carbocycles. The molecule has 5 heteroatoms. The zero-order valence-electron chi connectivity index (χ0n) is 8.55. The Morgan fingerprint density at radius 1 is 1.53 bits per heavy atom. The molecule has 0 aromatic carbocycles. The molecule has 1 fully saturated rings. The van der Waals surface area contributed by atoms with Crippen molar-refractivity contribution in [2.45, 2.75) is 32.2 Å². The quantitative estimate of drug-likeness (QED) is 0.760. The number of nitrogens with zero attached hydrogens (tertiary/aromatic N) is 4. The second-order valence-corrected chi connectivity index (χ2v) is 4.01. The average molecular weight is 204 g/mol. The van der Waals surface area contributed by atoms with Gasteiger partial charge in [0, 0.05) is 12.0 Å². The Bertz CT molecular complexity index is 469. The molecule has 0 bridgehead atoms. The fourth-order valence-corrected chi connectivity index (χ4v) is 1.56. The van der Waals surface area contributed by atoms with E-state index in [0.29, 0.717) is 12.5 Å². The van der Waals surface area contributed by atoms with E-state index in [4.69, 9.17) is 4.52 Å². The Balaban J connectivity index is 1.75. The highest BCUT2D eigenvalue weighted by molar-refractivity contribution is 5.05. The first-order chi connectivity index (χ1) is 7.31. The van der Waals surface area contributed by atoms with Gasteiger partial charge in [0.1, 0.15) is 12.9 Å². The zero-order valence-corrected chi connectivity index (χ0v) is 8.55. The van der Waals surface area contributed by atoms with Crippen molar-refractivity contribution in [1.29, 1.82) is 0 Å². The van der Waals surface area contributed by atoms with E-state index in [1.54, 1.807) is 11.0 Å². The van der Waals surface area contributed by atoms with E-state index in [1.807, 2.05) is 13.0 Å². The van der Waals surface area contributed by atoms with E-state index in [0.717, 1.165) is 17.3 Å². The number of aromatic nitrogens is 4. The molecule has 0 atom stereocenters. The van der Waals surface area contributed by atoms with Crippen LogP contribution in [0.2, 0.25) is 0 Å². The minimum absolute atomic E-state index is 0.600. The van der Waals surface area contributed by atoms with Crippen molar-refractivity contribution in [1.82, 2.24) is 19.9 Å². The van der Waals surface area contributed by atoms with Gasteiger partial charge >= 0.3 is 0 Å². The summed E-state index contributed by atoms with van der Waals surface area (Å²) in [5.41, 5.74) is 0.896. The van der Waals surface area contributed by atoms with E-state index >= 15 is 0 Å². The number of hydrogen-bond donors (Lipinski definition) is 0. The maximum absolute atomic E-state index is 5.11. The zero-order chi connectivity index (χ0) is 10.3. The summed E-state index contributed by atoms with van der Waals surface area (Å²) in [4.78, 5) is 4.27. The molecule has 3 rings (SSSR count). The van der Waals surface area contributed by atoms with E-state index in [1.165, 1.54) is 12.8 Å². The number of hydrogen-bond acceptors (Lipinski definition) is 4. The summed E-state index contributed by atoms with van der Waals surface area (Å²) in [5, 5.41) is 8.23. The first-order valence-corrected chi connectivity index (χ1v) is 5.13. The first kappa shape index (κ1) is 8.64. The monoisotopic (exact) mass is 204 g/mol. The molecule has 0 aliphatic heterocycles. The summed E-state index contributed by atoms with van der Waals surface area (Å²) in [6.07, 6.45) is 4.21. The van der Waals surface area contributed by atoms with Crippen LogP contribution < -0.4 is 0 Å². The van der Waals surface area contributed by atoms with Gasteiger partial charge in [0.2, 0.25) is 0 Å². The lowest BCUT2D eigenvalue weighted by Crippen LogP contribution is -1.99. The van der Waals surface area contributed by atoms with Crippen molar-refractivity contribution in [2.75, 3.05) is 0 Å². The van der Waals surface area contributed by atoms with Gasteiger partial charge in [-0.1, -0.05) is 5.16 Å². The summed E-state index contributed by atoms with van der Waals surface area (Å²) in [6.45, 7) is 2.52. The fourth-order valence-electron chi connectivity index (χ4n) is 1.56. The molecule has 2 heterocycles. The highest BCUT2D eigenvalue weighted by Gasteiger charge is 2.27. The summed E-state index contributed by atoms with van der Waals surface area (Å²) < 4.78 is 6.91. The predicted molar refractivity (Wildman–Crippen MR) is 52.3 cm³/mol. The van der Waals surface area contributed by atoms with Crippen molar-refractivity contribution in [3.63, 3.8) is 0 Å². The van der Waals surface area contributed by atoms with Crippen LogP contribution in [0.5, 0.6) is 0 Å². The summed E-state index contributed by atoms with van der Waals surface area (Å²) in [5.74, 6) is 2.38. The third-order valence-electron chi connectivity index (χ3n) is 2.49. The molecule has 0 amide bonds. The Labute approximate surface area is 87.1 Å². The van der Waals surface area contributed by atoms with Crippen LogP contribution in [-0.4, -0.2) is 19.9 Å². The van der Waals surface area contributed by atoms with Crippen molar-refractivity contribution >= 4 is 0 Å². The average Bonchev–Trinajstić information content (AvgIpc) is 2.84. The number of rotatable bonds is 3. The van der Waals surface area contributed by atoms with E-state index in [2.05, 4.69) is 15.2 Å². The predicted octanol–water partition coefficient (Wildman–Crippen LogP) is 1.50. The van der Waals surface area contributed by atoms with Gasteiger partial charge in [-0.25, -0.2) is 9.67 Å². The van der Waals surface area contributed by atoms with E-state index < -0.39 is 0 Å². The third-order valence-corrected chi connectivity index (χ3v) is 2.49. The highest BCUT2D eigenvalue weighted by Crippen LogP contribution is 2.37. The molecule has 2 aromatic rings. The summed E-state index contributed by atoms with van der Waals surface area (Å²) in [7, 11) is 0. The second-order valence-electron chi connectivity index (χ2n) is 4.01. The van der Waals surface area contributed by atoms with E-state index in [9.17, 15) is 0 Å². The van der Waals surface area contributed by atoms with Crippen molar-refractivity contribution in [3.05, 3.63) is 29.7 Å². The van der Waals surface area contributed by atoms with Crippen LogP contribution in [0.15, 0.2) is 16.9 Å². The number of aryl methyl sites for hydroxylation is 1. The minimum Gasteiger partial charge on any atom is -0.359 e. The molecule has 1 aliphatic rings. The lowest BCUT2D eigenvalue weighted by Gasteiger charge is -1.93. The molecule has 0 saturated heterocycles. The molecule has 78 valence electrons. The normalized spacial score (nSPS) is 15.8. The van der Waals surface area contributed by atoms with Gasteiger partial charge in [-0.2, -0.15) is 5.10 Å². The first-order valence-electron chi connectivity index (χ1n) is 5.13. The van der Waals surface area contributed by atoms with Gasteiger partial charge in [0.25, 0.3) is 0 Å². The Morgan fingerprint density at radius 2 is 2.40 bits per heavy atom. The van der Waals surface area contributed by atoms with Gasteiger partial charge in [-0.05, 0) is 19.8 Å². The van der Waals surface area contributed by atoms with Gasteiger partial charge in [0.05, 0.1) is 5.69 Å². The topological polar surface area (TPSA) is 56.7 Å². The molecule has 5 nitrogen and oxygen atoms in total. The van der Waals surface area contributed by atoms with Crippen molar-refractivity contribution < 1.29 is 4.52 Å². The largest absolute Gasteiger partial charge is 0.359 e. The molecule has 0 N–H and O–H groups in total. The smallest absolute Gasteiger partial charge is 0.158 e. The van der Waals surface area contributed by atoms with Crippen LogP contribution in [0, 0.1) is 6.92 Å². The van der Waals surface area contributed by atoms with Gasteiger partial charge < -0.3 is 4.52 Å². The van der Waals surface area contributed by atoms with Crippen LogP contribution in [0.1, 0.15) is 36.0 Å². The Kier molecular flexibility index (Phi) is 1.83. The van der Waals surface area contributed by atoms with Gasteiger partial charge in [-0.3, -0.25) is 0 Å². The van der Waals surface area contributed by atoms with E-state index in [-0.39, 0.29) is 0 Å². The molecular weight excluding hydrogens is 192 g/mol. The molecular formula is C10H12N4O. The molecule has 15 heavy (non-hydrogen) atoms. The SMILES string of the molecule is Cc1cc(Cn2cnc(C3CC3)n2)on1. The summed E-state index contributed by atoms with van der Waals surface area (Å²) in [6, 6.07) is 1.92. The molecule has 2 aromatic heterocycles. The fraction of sp³-hybridized carbons (Fsp3) is 0.500. The van der Waals surface area contributed by atoms with Crippen LogP contribution in [0.3, 0.4) is 0 Å². The van der Waals surface area contributed by atoms with Crippen molar-refractivity contribution in [3.8, 4) is 0 Å². The van der Waals surface area contributed by atoms with Crippen LogP contribution in [-0.2, 0) is 6.54 Å². The lowest BCUT2D eigenvalue weighted by molar-refractivity contribution is 0.367. The van der Waals surface area contributed by atoms with Crippen LogP contribution >= 0.6 is 0 Å².